The van der Waals surface area contributed by atoms with Crippen LogP contribution in [0.4, 0.5) is 0 Å². The summed E-state index contributed by atoms with van der Waals surface area (Å²) >= 11 is 8.37. The van der Waals surface area contributed by atoms with Crippen molar-refractivity contribution in [3.63, 3.8) is 0 Å². The molecule has 2 aliphatic heterocycles. The maximum atomic E-state index is 12.8. The standard InChI is InChI=1S/C27H30ClN5O2S/c28-22-9-5-4-8-20(22)25-21-16-19(10-11-24(34)32-12-14-35-15-13-32)36-27(21)33-23(17-29-25)30-31-26(33)18-6-2-1-3-7-18/h4-5,8-9,16,18H,1-3,6-7,10-15,17H2. The van der Waals surface area contributed by atoms with Crippen molar-refractivity contribution >= 4 is 34.6 Å². The first kappa shape index (κ1) is 23.8. The van der Waals surface area contributed by atoms with Gasteiger partial charge in [0.25, 0.3) is 0 Å². The highest BCUT2D eigenvalue weighted by molar-refractivity contribution is 7.15. The molecule has 0 spiro atoms. The minimum absolute atomic E-state index is 0.190. The average molecular weight is 524 g/mol. The van der Waals surface area contributed by atoms with Gasteiger partial charge in [-0.25, -0.2) is 0 Å². The van der Waals surface area contributed by atoms with E-state index < -0.39 is 0 Å². The molecule has 4 heterocycles. The van der Waals surface area contributed by atoms with E-state index in [2.05, 4.69) is 20.8 Å². The first-order valence-electron chi connectivity index (χ1n) is 12.9. The van der Waals surface area contributed by atoms with Crippen LogP contribution >= 0.6 is 22.9 Å². The van der Waals surface area contributed by atoms with Crippen LogP contribution in [0.3, 0.4) is 0 Å². The van der Waals surface area contributed by atoms with Gasteiger partial charge in [0.15, 0.2) is 5.82 Å². The zero-order chi connectivity index (χ0) is 24.5. The average Bonchev–Trinajstić information content (AvgIpc) is 3.50. The van der Waals surface area contributed by atoms with Crippen LogP contribution in [0.2, 0.25) is 5.02 Å². The predicted molar refractivity (Wildman–Crippen MR) is 142 cm³/mol. The minimum Gasteiger partial charge on any atom is -0.378 e. The Morgan fingerprint density at radius 1 is 1.08 bits per heavy atom. The third-order valence-electron chi connectivity index (χ3n) is 7.40. The number of carbonyl (C=O) groups excluding carboxylic acids is 1. The Labute approximate surface area is 220 Å². The number of carbonyl (C=O) groups is 1. The second kappa shape index (κ2) is 10.4. The lowest BCUT2D eigenvalue weighted by atomic mass is 9.88. The number of fused-ring (bicyclic) bond motifs is 3. The van der Waals surface area contributed by atoms with E-state index in [9.17, 15) is 4.79 Å². The number of benzene rings is 1. The normalized spacial score (nSPS) is 18.4. The maximum Gasteiger partial charge on any atom is 0.223 e. The molecule has 6 rings (SSSR count). The number of halogens is 1. The molecule has 2 aromatic heterocycles. The number of aliphatic imine (C=N–C) groups is 1. The number of thiophene rings is 1. The Balaban J connectivity index is 1.37. The quantitative estimate of drug-likeness (QED) is 0.462. The van der Waals surface area contributed by atoms with Crippen molar-refractivity contribution in [2.75, 3.05) is 26.3 Å². The number of aryl methyl sites for hydroxylation is 1. The van der Waals surface area contributed by atoms with E-state index in [0.29, 0.717) is 56.6 Å². The van der Waals surface area contributed by atoms with Crippen molar-refractivity contribution in [2.45, 2.75) is 57.4 Å². The van der Waals surface area contributed by atoms with Gasteiger partial charge >= 0.3 is 0 Å². The van der Waals surface area contributed by atoms with E-state index in [0.717, 1.165) is 51.2 Å². The number of ether oxygens (including phenoxy) is 1. The zero-order valence-corrected chi connectivity index (χ0v) is 21.9. The summed E-state index contributed by atoms with van der Waals surface area (Å²) in [4.78, 5) is 20.9. The Morgan fingerprint density at radius 3 is 2.69 bits per heavy atom. The van der Waals surface area contributed by atoms with Crippen molar-refractivity contribution in [3.05, 3.63) is 63.0 Å². The fourth-order valence-corrected chi connectivity index (χ4v) is 6.90. The fraction of sp³-hybridized carbons (Fsp3) is 0.481. The number of morpholine rings is 1. The van der Waals surface area contributed by atoms with Crippen molar-refractivity contribution in [1.82, 2.24) is 19.7 Å². The smallest absolute Gasteiger partial charge is 0.223 e. The molecule has 0 N–H and O–H groups in total. The molecule has 0 bridgehead atoms. The van der Waals surface area contributed by atoms with Gasteiger partial charge in [-0.15, -0.1) is 21.5 Å². The molecule has 1 saturated heterocycles. The van der Waals surface area contributed by atoms with Gasteiger partial charge in [-0.3, -0.25) is 14.4 Å². The molecule has 3 aromatic rings. The molecule has 1 amide bonds. The molecular formula is C27H30ClN5O2S. The largest absolute Gasteiger partial charge is 0.378 e. The van der Waals surface area contributed by atoms with Gasteiger partial charge in [-0.1, -0.05) is 49.1 Å². The van der Waals surface area contributed by atoms with Gasteiger partial charge in [0.1, 0.15) is 17.4 Å². The minimum atomic E-state index is 0.190. The van der Waals surface area contributed by atoms with E-state index in [1.54, 1.807) is 11.3 Å². The van der Waals surface area contributed by atoms with Crippen LogP contribution in [0.1, 0.15) is 72.1 Å². The van der Waals surface area contributed by atoms with Crippen LogP contribution in [0.5, 0.6) is 0 Å². The van der Waals surface area contributed by atoms with Crippen LogP contribution in [0, 0.1) is 0 Å². The first-order valence-corrected chi connectivity index (χ1v) is 14.1. The van der Waals surface area contributed by atoms with E-state index in [1.165, 1.54) is 19.3 Å². The molecule has 36 heavy (non-hydrogen) atoms. The van der Waals surface area contributed by atoms with E-state index >= 15 is 0 Å². The number of rotatable bonds is 5. The number of nitrogens with zero attached hydrogens (tertiary/aromatic N) is 5. The van der Waals surface area contributed by atoms with Crippen molar-refractivity contribution in [2.24, 2.45) is 4.99 Å². The molecular weight excluding hydrogens is 494 g/mol. The Bertz CT molecular complexity index is 1290. The zero-order valence-electron chi connectivity index (χ0n) is 20.3. The highest BCUT2D eigenvalue weighted by atomic mass is 35.5. The molecule has 7 nitrogen and oxygen atoms in total. The molecule has 2 fully saturated rings. The summed E-state index contributed by atoms with van der Waals surface area (Å²) < 4.78 is 7.66. The summed E-state index contributed by atoms with van der Waals surface area (Å²) in [6, 6.07) is 10.1. The number of hydrogen-bond donors (Lipinski definition) is 0. The summed E-state index contributed by atoms with van der Waals surface area (Å²) in [7, 11) is 0. The monoisotopic (exact) mass is 523 g/mol. The molecule has 1 aromatic carbocycles. The molecule has 0 unspecified atom stereocenters. The summed E-state index contributed by atoms with van der Waals surface area (Å²) in [6.45, 7) is 3.07. The number of amides is 1. The second-order valence-electron chi connectivity index (χ2n) is 9.71. The van der Waals surface area contributed by atoms with Gasteiger partial charge < -0.3 is 9.64 Å². The lowest BCUT2D eigenvalue weighted by Gasteiger charge is -2.26. The van der Waals surface area contributed by atoms with E-state index in [-0.39, 0.29) is 5.91 Å². The Hall–Kier alpha value is -2.55. The van der Waals surface area contributed by atoms with Gasteiger partial charge in [-0.05, 0) is 31.4 Å². The predicted octanol–water partition coefficient (Wildman–Crippen LogP) is 5.17. The van der Waals surface area contributed by atoms with Crippen LogP contribution in [-0.2, 0) is 22.5 Å². The van der Waals surface area contributed by atoms with E-state index in [4.69, 9.17) is 21.3 Å². The third kappa shape index (κ3) is 4.62. The topological polar surface area (TPSA) is 72.6 Å². The number of aromatic nitrogens is 3. The molecule has 1 aliphatic carbocycles. The number of hydrogen-bond acceptors (Lipinski definition) is 6. The van der Waals surface area contributed by atoms with Crippen LogP contribution in [0.15, 0.2) is 35.3 Å². The van der Waals surface area contributed by atoms with Gasteiger partial charge in [0.2, 0.25) is 5.91 Å². The highest BCUT2D eigenvalue weighted by Crippen LogP contribution is 2.39. The molecule has 188 valence electrons. The Morgan fingerprint density at radius 2 is 1.89 bits per heavy atom. The molecule has 3 aliphatic rings. The third-order valence-corrected chi connectivity index (χ3v) is 8.91. The molecule has 0 atom stereocenters. The van der Waals surface area contributed by atoms with Gasteiger partial charge in [0.05, 0.1) is 18.9 Å². The van der Waals surface area contributed by atoms with Crippen LogP contribution in [-0.4, -0.2) is 57.6 Å². The van der Waals surface area contributed by atoms with Gasteiger partial charge in [0, 0.05) is 46.5 Å². The highest BCUT2D eigenvalue weighted by Gasteiger charge is 2.30. The SMILES string of the molecule is O=C(CCc1cc2c(s1)-n1c(nnc1C1CCCCC1)CN=C2c1ccccc1Cl)N1CCOCC1. The lowest BCUT2D eigenvalue weighted by Crippen LogP contribution is -2.40. The summed E-state index contributed by atoms with van der Waals surface area (Å²) in [6.07, 6.45) is 7.25. The Kier molecular flexibility index (Phi) is 6.91. The van der Waals surface area contributed by atoms with Gasteiger partial charge in [-0.2, -0.15) is 0 Å². The lowest BCUT2D eigenvalue weighted by molar-refractivity contribution is -0.135. The second-order valence-corrected chi connectivity index (χ2v) is 11.2. The van der Waals surface area contributed by atoms with Crippen molar-refractivity contribution < 1.29 is 9.53 Å². The molecule has 1 saturated carbocycles. The molecule has 9 heteroatoms. The van der Waals surface area contributed by atoms with Crippen molar-refractivity contribution in [1.29, 1.82) is 0 Å². The fourth-order valence-electron chi connectivity index (χ4n) is 5.49. The van der Waals surface area contributed by atoms with Crippen molar-refractivity contribution in [3.8, 4) is 5.00 Å². The summed E-state index contributed by atoms with van der Waals surface area (Å²) in [5, 5.41) is 11.0. The van der Waals surface area contributed by atoms with Crippen LogP contribution < -0.4 is 0 Å². The molecule has 0 radical (unpaired) electrons. The summed E-state index contributed by atoms with van der Waals surface area (Å²) in [5.41, 5.74) is 2.86. The first-order chi connectivity index (χ1) is 17.7. The van der Waals surface area contributed by atoms with E-state index in [1.807, 2.05) is 29.2 Å². The summed E-state index contributed by atoms with van der Waals surface area (Å²) in [5.74, 6) is 2.54. The van der Waals surface area contributed by atoms with Crippen LogP contribution in [0.25, 0.3) is 5.00 Å². The maximum absolute atomic E-state index is 12.8.